The molecule has 1 unspecified atom stereocenters. The highest BCUT2D eigenvalue weighted by Crippen LogP contribution is 2.16. The van der Waals surface area contributed by atoms with Crippen molar-refractivity contribution in [3.8, 4) is 0 Å². The zero-order valence-corrected chi connectivity index (χ0v) is 46.5. The van der Waals surface area contributed by atoms with E-state index in [2.05, 4.69) is 81.5 Å². The lowest BCUT2D eigenvalue weighted by atomic mass is 10.1. The third-order valence-electron chi connectivity index (χ3n) is 13.2. The lowest BCUT2D eigenvalue weighted by Crippen LogP contribution is -2.30. The van der Waals surface area contributed by atoms with Crippen molar-refractivity contribution in [2.45, 2.75) is 316 Å². The Hall–Kier alpha value is -2.89. The first-order valence-corrected chi connectivity index (χ1v) is 30.3. The van der Waals surface area contributed by atoms with E-state index >= 15 is 0 Å². The van der Waals surface area contributed by atoms with Gasteiger partial charge in [-0.1, -0.05) is 242 Å². The summed E-state index contributed by atoms with van der Waals surface area (Å²) in [5.74, 6) is -0.893. The summed E-state index contributed by atoms with van der Waals surface area (Å²) >= 11 is 0. The highest BCUT2D eigenvalue weighted by molar-refractivity contribution is 5.71. The van der Waals surface area contributed by atoms with Crippen LogP contribution < -0.4 is 0 Å². The summed E-state index contributed by atoms with van der Waals surface area (Å²) in [7, 11) is 0. The molecule has 0 N–H and O–H groups in total. The Morgan fingerprint density at radius 3 is 0.843 bits per heavy atom. The van der Waals surface area contributed by atoms with Crippen LogP contribution in [0.3, 0.4) is 0 Å². The maximum Gasteiger partial charge on any atom is 0.306 e. The predicted octanol–water partition coefficient (Wildman–Crippen LogP) is 20.4. The number of ether oxygens (including phenoxy) is 3. The fourth-order valence-corrected chi connectivity index (χ4v) is 8.62. The Morgan fingerprint density at radius 2 is 0.514 bits per heavy atom. The van der Waals surface area contributed by atoms with E-state index < -0.39 is 6.10 Å². The second kappa shape index (κ2) is 58.7. The van der Waals surface area contributed by atoms with Gasteiger partial charge in [-0.15, -0.1) is 0 Å². The quantitative estimate of drug-likeness (QED) is 0.0261. The number of esters is 3. The smallest absolute Gasteiger partial charge is 0.306 e. The molecule has 0 rings (SSSR count). The molecular weight excluding hydrogens is 865 g/mol. The zero-order valence-electron chi connectivity index (χ0n) is 46.5. The van der Waals surface area contributed by atoms with E-state index in [1.165, 1.54) is 180 Å². The summed E-state index contributed by atoms with van der Waals surface area (Å²) in [6, 6.07) is 0. The molecular formula is C64H114O6. The van der Waals surface area contributed by atoms with E-state index in [1.54, 1.807) is 0 Å². The van der Waals surface area contributed by atoms with Gasteiger partial charge in [0.05, 0.1) is 0 Å². The number of allylic oxidation sites excluding steroid dienone is 10. The maximum atomic E-state index is 12.9. The van der Waals surface area contributed by atoms with Gasteiger partial charge in [0.2, 0.25) is 0 Å². The van der Waals surface area contributed by atoms with Crippen LogP contribution in [0.4, 0.5) is 0 Å². The second-order valence-corrected chi connectivity index (χ2v) is 20.2. The zero-order chi connectivity index (χ0) is 50.7. The van der Waals surface area contributed by atoms with E-state index in [1.807, 2.05) is 0 Å². The molecule has 0 saturated carbocycles. The van der Waals surface area contributed by atoms with Crippen molar-refractivity contribution in [2.24, 2.45) is 0 Å². The van der Waals surface area contributed by atoms with E-state index in [4.69, 9.17) is 14.2 Å². The molecule has 6 heteroatoms. The predicted molar refractivity (Wildman–Crippen MR) is 302 cm³/mol. The van der Waals surface area contributed by atoms with Crippen LogP contribution in [-0.2, 0) is 28.6 Å². The number of carbonyl (C=O) groups excluding carboxylic acids is 3. The van der Waals surface area contributed by atoms with Crippen LogP contribution in [0.25, 0.3) is 0 Å². The van der Waals surface area contributed by atoms with Crippen molar-refractivity contribution in [3.63, 3.8) is 0 Å². The van der Waals surface area contributed by atoms with Crippen LogP contribution in [0, 0.1) is 0 Å². The summed E-state index contributed by atoms with van der Waals surface area (Å²) < 4.78 is 16.9. The van der Waals surface area contributed by atoms with Gasteiger partial charge in [0.25, 0.3) is 0 Å². The fourth-order valence-electron chi connectivity index (χ4n) is 8.62. The first-order chi connectivity index (χ1) is 34.5. The molecule has 0 aliphatic rings. The topological polar surface area (TPSA) is 78.9 Å². The maximum absolute atomic E-state index is 12.9. The molecule has 0 aromatic heterocycles. The van der Waals surface area contributed by atoms with Crippen LogP contribution in [-0.4, -0.2) is 37.2 Å². The minimum Gasteiger partial charge on any atom is -0.462 e. The number of rotatable bonds is 55. The van der Waals surface area contributed by atoms with Gasteiger partial charge in [0, 0.05) is 19.3 Å². The Morgan fingerprint density at radius 1 is 0.286 bits per heavy atom. The average Bonchev–Trinajstić information content (AvgIpc) is 3.36. The van der Waals surface area contributed by atoms with Gasteiger partial charge in [-0.05, 0) is 109 Å². The van der Waals surface area contributed by atoms with Crippen LogP contribution in [0.5, 0.6) is 0 Å². The van der Waals surface area contributed by atoms with Gasteiger partial charge in [0.15, 0.2) is 6.10 Å². The first kappa shape index (κ1) is 67.1. The number of hydrogen-bond donors (Lipinski definition) is 0. The largest absolute Gasteiger partial charge is 0.462 e. The van der Waals surface area contributed by atoms with Crippen LogP contribution >= 0.6 is 0 Å². The summed E-state index contributed by atoms with van der Waals surface area (Å²) in [4.78, 5) is 38.2. The SMILES string of the molecule is CCCCC/C=C\C/C=C\CCCCCCCC(=O)OCC(COC(=O)CCCCCCCCCCC/C=C\CCCCCCCC)OC(=O)CCCCCCCCC/C=C\C/C=C\CCCCCC. The minimum atomic E-state index is -0.785. The standard InChI is InChI=1S/C64H114O6/c1-4-7-10-13-16-19-22-25-28-30-32-34-36-39-42-45-48-51-54-57-63(66)69-60-61(59-68-62(65)56-53-50-47-44-41-38-35-27-24-21-18-15-12-9-6-3)70-64(67)58-55-52-49-46-43-40-37-33-31-29-26-23-20-17-14-11-8-5-2/h18,20-21,23,25,27-29,31,35,61H,4-17,19,22,24,26,30,32-34,36-60H2,1-3H3/b21-18-,23-20-,28-25-,31-29-,35-27-. The number of unbranched alkanes of at least 4 members (excludes halogenated alkanes) is 34. The van der Waals surface area contributed by atoms with Gasteiger partial charge >= 0.3 is 17.9 Å². The van der Waals surface area contributed by atoms with Gasteiger partial charge in [-0.25, -0.2) is 0 Å². The summed E-state index contributed by atoms with van der Waals surface area (Å²) in [6.07, 6.45) is 73.5. The highest BCUT2D eigenvalue weighted by Gasteiger charge is 2.19. The van der Waals surface area contributed by atoms with Crippen LogP contribution in [0.2, 0.25) is 0 Å². The Balaban J connectivity index is 4.39. The normalized spacial score (nSPS) is 12.4. The van der Waals surface area contributed by atoms with Crippen LogP contribution in [0.1, 0.15) is 310 Å². The number of carbonyl (C=O) groups is 3. The third-order valence-corrected chi connectivity index (χ3v) is 13.2. The summed E-state index contributed by atoms with van der Waals surface area (Å²) in [5.41, 5.74) is 0. The average molecular weight is 980 g/mol. The van der Waals surface area contributed by atoms with Crippen molar-refractivity contribution in [2.75, 3.05) is 13.2 Å². The van der Waals surface area contributed by atoms with Crippen molar-refractivity contribution in [1.29, 1.82) is 0 Å². The van der Waals surface area contributed by atoms with E-state index in [0.717, 1.165) is 89.9 Å². The van der Waals surface area contributed by atoms with Gasteiger partial charge in [0.1, 0.15) is 13.2 Å². The molecule has 0 radical (unpaired) electrons. The lowest BCUT2D eigenvalue weighted by molar-refractivity contribution is -0.167. The summed E-state index contributed by atoms with van der Waals surface area (Å²) in [5, 5.41) is 0. The number of hydrogen-bond acceptors (Lipinski definition) is 6. The van der Waals surface area contributed by atoms with Crippen LogP contribution in [0.15, 0.2) is 60.8 Å². The molecule has 6 nitrogen and oxygen atoms in total. The van der Waals surface area contributed by atoms with Crippen molar-refractivity contribution in [1.82, 2.24) is 0 Å². The monoisotopic (exact) mass is 979 g/mol. The molecule has 0 fully saturated rings. The van der Waals surface area contributed by atoms with Crippen molar-refractivity contribution < 1.29 is 28.6 Å². The lowest BCUT2D eigenvalue weighted by Gasteiger charge is -2.18. The van der Waals surface area contributed by atoms with Crippen molar-refractivity contribution >= 4 is 17.9 Å². The Kier molecular flexibility index (Phi) is 56.3. The molecule has 0 aliphatic carbocycles. The van der Waals surface area contributed by atoms with E-state index in [0.29, 0.717) is 19.3 Å². The molecule has 0 aromatic carbocycles. The molecule has 0 spiro atoms. The van der Waals surface area contributed by atoms with Gasteiger partial charge in [-0.3, -0.25) is 14.4 Å². The second-order valence-electron chi connectivity index (χ2n) is 20.2. The summed E-state index contributed by atoms with van der Waals surface area (Å²) in [6.45, 7) is 6.61. The van der Waals surface area contributed by atoms with Gasteiger partial charge < -0.3 is 14.2 Å². The fraction of sp³-hybridized carbons (Fsp3) is 0.797. The Bertz CT molecular complexity index is 1260. The van der Waals surface area contributed by atoms with E-state index in [-0.39, 0.29) is 31.1 Å². The Labute approximate surface area is 434 Å². The molecule has 406 valence electrons. The highest BCUT2D eigenvalue weighted by atomic mass is 16.6. The first-order valence-electron chi connectivity index (χ1n) is 30.3. The molecule has 0 saturated heterocycles. The van der Waals surface area contributed by atoms with Crippen molar-refractivity contribution in [3.05, 3.63) is 60.8 Å². The van der Waals surface area contributed by atoms with Gasteiger partial charge in [-0.2, -0.15) is 0 Å². The molecule has 0 bridgehead atoms. The molecule has 70 heavy (non-hydrogen) atoms. The molecule has 0 aromatic rings. The molecule has 0 heterocycles. The molecule has 0 aliphatic heterocycles. The third kappa shape index (κ3) is 56.0. The minimum absolute atomic E-state index is 0.0819. The molecule has 0 amide bonds. The van der Waals surface area contributed by atoms with E-state index in [9.17, 15) is 14.4 Å². The molecule has 1 atom stereocenters.